The maximum absolute atomic E-state index is 12.7. The molecule has 1 unspecified atom stereocenters. The number of hydrogen-bond donors (Lipinski definition) is 1. The van der Waals surface area contributed by atoms with Gasteiger partial charge < -0.3 is 24.7 Å². The summed E-state index contributed by atoms with van der Waals surface area (Å²) in [5, 5.41) is 0. The Morgan fingerprint density at radius 3 is 1.84 bits per heavy atom. The second kappa shape index (κ2) is 15.5. The van der Waals surface area contributed by atoms with Crippen molar-refractivity contribution in [3.8, 4) is 11.5 Å². The second-order valence-electron chi connectivity index (χ2n) is 11.0. The Bertz CT molecular complexity index is 956. The lowest BCUT2D eigenvalue weighted by atomic mass is 9.86. The quantitative estimate of drug-likeness (QED) is 0.249. The number of ether oxygens (including phenoxy) is 4. The van der Waals surface area contributed by atoms with Crippen molar-refractivity contribution >= 4 is 23.9 Å². The first-order valence-corrected chi connectivity index (χ1v) is 13.3. The average molecular weight is 536 g/mol. The van der Waals surface area contributed by atoms with Crippen molar-refractivity contribution in [1.82, 2.24) is 0 Å². The Morgan fingerprint density at radius 2 is 1.37 bits per heavy atom. The molecule has 0 aromatic heterocycles. The third-order valence-electron chi connectivity index (χ3n) is 5.86. The number of benzene rings is 1. The van der Waals surface area contributed by atoms with Gasteiger partial charge in [0, 0.05) is 25.7 Å². The summed E-state index contributed by atoms with van der Waals surface area (Å²) in [4.78, 5) is 49.6. The molecule has 9 nitrogen and oxygen atoms in total. The third kappa shape index (κ3) is 11.6. The fourth-order valence-electron chi connectivity index (χ4n) is 3.67. The number of nitrogens with two attached hydrogens (primary N) is 1. The minimum absolute atomic E-state index is 0.00135. The van der Waals surface area contributed by atoms with Crippen molar-refractivity contribution in [2.24, 2.45) is 23.5 Å². The number of methoxy groups -OCH3 is 1. The van der Waals surface area contributed by atoms with Gasteiger partial charge in [-0.2, -0.15) is 0 Å². The molecule has 0 amide bonds. The molecule has 2 N–H and O–H groups in total. The Hall–Kier alpha value is -2.94. The van der Waals surface area contributed by atoms with Gasteiger partial charge in [-0.1, -0.05) is 47.6 Å². The molecule has 2 atom stereocenters. The molecule has 0 aliphatic carbocycles. The first kappa shape index (κ1) is 33.1. The molecule has 0 fully saturated rings. The van der Waals surface area contributed by atoms with Crippen LogP contribution in [0.2, 0.25) is 0 Å². The van der Waals surface area contributed by atoms with Crippen LogP contribution in [-0.4, -0.2) is 42.6 Å². The average Bonchev–Trinajstić information content (AvgIpc) is 2.82. The van der Waals surface area contributed by atoms with E-state index in [9.17, 15) is 19.2 Å². The fourth-order valence-corrected chi connectivity index (χ4v) is 3.67. The maximum atomic E-state index is 12.7. The van der Waals surface area contributed by atoms with Crippen molar-refractivity contribution < 1.29 is 38.1 Å². The lowest BCUT2D eigenvalue weighted by Gasteiger charge is -2.29. The predicted octanol–water partition coefficient (Wildman–Crippen LogP) is 4.76. The zero-order chi connectivity index (χ0) is 29.0. The number of hydrogen-bond acceptors (Lipinski definition) is 9. The Labute approximate surface area is 226 Å². The molecule has 1 aromatic carbocycles. The van der Waals surface area contributed by atoms with Crippen molar-refractivity contribution in [3.05, 3.63) is 23.8 Å². The molecular weight excluding hydrogens is 490 g/mol. The lowest BCUT2D eigenvalue weighted by Crippen LogP contribution is -2.53. The summed E-state index contributed by atoms with van der Waals surface area (Å²) in [6.07, 6.45) is 1.09. The van der Waals surface area contributed by atoms with E-state index in [0.717, 1.165) is 0 Å². The van der Waals surface area contributed by atoms with Crippen LogP contribution in [0.4, 0.5) is 0 Å². The van der Waals surface area contributed by atoms with Crippen molar-refractivity contribution in [1.29, 1.82) is 0 Å². The van der Waals surface area contributed by atoms with Gasteiger partial charge in [0.15, 0.2) is 11.5 Å². The van der Waals surface area contributed by atoms with Gasteiger partial charge in [0.05, 0.1) is 13.0 Å². The van der Waals surface area contributed by atoms with E-state index in [1.54, 1.807) is 26.8 Å². The SMILES string of the molecule is COC(=O)C(N)(Cc1ccc(OC(=O)CCC(C)C)c(OC(=O)CCC(C)C)c1)C[C@H](C)OC(=O)C(C)C. The van der Waals surface area contributed by atoms with Crippen LogP contribution >= 0.6 is 0 Å². The summed E-state index contributed by atoms with van der Waals surface area (Å²) >= 11 is 0. The number of rotatable bonds is 15. The number of esters is 4. The predicted molar refractivity (Wildman–Crippen MR) is 144 cm³/mol. The van der Waals surface area contributed by atoms with Crippen LogP contribution in [0.3, 0.4) is 0 Å². The summed E-state index contributed by atoms with van der Waals surface area (Å²) in [6.45, 7) is 13.1. The van der Waals surface area contributed by atoms with E-state index < -0.39 is 35.5 Å². The summed E-state index contributed by atoms with van der Waals surface area (Å²) in [7, 11) is 1.23. The van der Waals surface area contributed by atoms with Crippen LogP contribution in [-0.2, 0) is 35.1 Å². The smallest absolute Gasteiger partial charge is 0.326 e. The first-order chi connectivity index (χ1) is 17.7. The highest BCUT2D eigenvalue weighted by atomic mass is 16.6. The van der Waals surface area contributed by atoms with E-state index in [-0.39, 0.29) is 43.1 Å². The summed E-state index contributed by atoms with van der Waals surface area (Å²) in [6, 6.07) is 4.70. The van der Waals surface area contributed by atoms with Gasteiger partial charge in [0.25, 0.3) is 0 Å². The molecule has 1 rings (SSSR count). The van der Waals surface area contributed by atoms with Gasteiger partial charge in [-0.3, -0.25) is 19.2 Å². The van der Waals surface area contributed by atoms with E-state index in [1.165, 1.54) is 19.2 Å². The van der Waals surface area contributed by atoms with E-state index >= 15 is 0 Å². The summed E-state index contributed by atoms with van der Waals surface area (Å²) in [5.41, 5.74) is 5.52. The van der Waals surface area contributed by atoms with Crippen LogP contribution in [0.15, 0.2) is 18.2 Å². The van der Waals surface area contributed by atoms with Crippen LogP contribution < -0.4 is 15.2 Å². The van der Waals surface area contributed by atoms with Gasteiger partial charge in [0.1, 0.15) is 11.6 Å². The Balaban J connectivity index is 3.24. The first-order valence-electron chi connectivity index (χ1n) is 13.3. The number of carbonyl (C=O) groups excluding carboxylic acids is 4. The highest BCUT2D eigenvalue weighted by Crippen LogP contribution is 2.32. The summed E-state index contributed by atoms with van der Waals surface area (Å²) in [5.74, 6) is -1.48. The molecule has 0 aliphatic heterocycles. The molecule has 0 heterocycles. The van der Waals surface area contributed by atoms with E-state index in [4.69, 9.17) is 24.7 Å². The van der Waals surface area contributed by atoms with Gasteiger partial charge in [-0.15, -0.1) is 0 Å². The Kier molecular flexibility index (Phi) is 13.5. The van der Waals surface area contributed by atoms with Gasteiger partial charge in [-0.05, 0) is 49.3 Å². The van der Waals surface area contributed by atoms with Crippen molar-refractivity contribution in [2.45, 2.75) is 98.6 Å². The fraction of sp³-hybridized carbons (Fsp3) is 0.655. The van der Waals surface area contributed by atoms with Crippen molar-refractivity contribution in [2.75, 3.05) is 7.11 Å². The molecule has 0 radical (unpaired) electrons. The van der Waals surface area contributed by atoms with Crippen LogP contribution in [0, 0.1) is 17.8 Å². The molecule has 9 heteroatoms. The number of carbonyl (C=O) groups is 4. The Morgan fingerprint density at radius 1 is 0.842 bits per heavy atom. The second-order valence-corrected chi connectivity index (χ2v) is 11.0. The van der Waals surface area contributed by atoms with Gasteiger partial charge >= 0.3 is 23.9 Å². The summed E-state index contributed by atoms with van der Waals surface area (Å²) < 4.78 is 21.5. The largest absolute Gasteiger partial charge is 0.468 e. The minimum atomic E-state index is -1.53. The topological polar surface area (TPSA) is 131 Å². The van der Waals surface area contributed by atoms with Gasteiger partial charge in [0.2, 0.25) is 0 Å². The normalized spacial score (nSPS) is 13.7. The maximum Gasteiger partial charge on any atom is 0.326 e. The molecule has 1 aromatic rings. The van der Waals surface area contributed by atoms with E-state index in [2.05, 4.69) is 0 Å². The van der Waals surface area contributed by atoms with Crippen LogP contribution in [0.5, 0.6) is 11.5 Å². The van der Waals surface area contributed by atoms with Crippen LogP contribution in [0.25, 0.3) is 0 Å². The third-order valence-corrected chi connectivity index (χ3v) is 5.86. The van der Waals surface area contributed by atoms with Gasteiger partial charge in [-0.25, -0.2) is 0 Å². The highest BCUT2D eigenvalue weighted by Gasteiger charge is 2.38. The lowest BCUT2D eigenvalue weighted by molar-refractivity contribution is -0.157. The molecule has 0 spiro atoms. The van der Waals surface area contributed by atoms with E-state index in [1.807, 2.05) is 27.7 Å². The molecule has 0 saturated heterocycles. The van der Waals surface area contributed by atoms with Crippen LogP contribution in [0.1, 0.15) is 86.1 Å². The molecule has 0 bridgehead atoms. The monoisotopic (exact) mass is 535 g/mol. The zero-order valence-electron chi connectivity index (χ0n) is 24.1. The molecule has 0 aliphatic rings. The highest BCUT2D eigenvalue weighted by molar-refractivity contribution is 5.81. The molecule has 214 valence electrons. The molecular formula is C29H45NO8. The van der Waals surface area contributed by atoms with E-state index in [0.29, 0.717) is 30.2 Å². The zero-order valence-corrected chi connectivity index (χ0v) is 24.1. The van der Waals surface area contributed by atoms with Crippen molar-refractivity contribution in [3.63, 3.8) is 0 Å². The molecule has 38 heavy (non-hydrogen) atoms. The standard InChI is InChI=1S/C29H45NO8/c1-18(2)9-13-25(31)37-23-12-11-22(15-24(23)38-26(32)14-10-19(3)4)17-29(30,28(34)35-8)16-21(7)36-27(33)20(5)6/h11-12,15,18-21H,9-10,13-14,16-17,30H2,1-8H3/t21-,29?/m0/s1. The molecule has 0 saturated carbocycles. The minimum Gasteiger partial charge on any atom is -0.468 e.